The van der Waals surface area contributed by atoms with E-state index in [1.165, 1.54) is 0 Å². The highest BCUT2D eigenvalue weighted by molar-refractivity contribution is 6.01. The van der Waals surface area contributed by atoms with E-state index in [2.05, 4.69) is 5.32 Å². The average Bonchev–Trinajstić information content (AvgIpc) is 3.28. The van der Waals surface area contributed by atoms with Crippen molar-refractivity contribution in [1.29, 1.82) is 0 Å². The molecule has 3 aromatic carbocycles. The van der Waals surface area contributed by atoms with Crippen molar-refractivity contribution in [2.75, 3.05) is 18.7 Å². The van der Waals surface area contributed by atoms with E-state index < -0.39 is 18.7 Å². The van der Waals surface area contributed by atoms with E-state index >= 15 is 0 Å². The minimum atomic E-state index is -1.07. The van der Waals surface area contributed by atoms with E-state index in [4.69, 9.17) is 19.3 Å². The number of benzene rings is 3. The number of hydrogen-bond donors (Lipinski definition) is 2. The molecule has 0 unspecified atom stereocenters. The highest BCUT2D eigenvalue weighted by Gasteiger charge is 2.34. The number of amides is 1. The molecule has 0 bridgehead atoms. The fourth-order valence-electron chi connectivity index (χ4n) is 3.91. The fraction of sp³-hybridized carbons (Fsp3) is 0.167. The predicted molar refractivity (Wildman–Crippen MR) is 115 cm³/mol. The van der Waals surface area contributed by atoms with E-state index in [0.29, 0.717) is 40.6 Å². The van der Waals surface area contributed by atoms with E-state index in [-0.39, 0.29) is 12.7 Å². The molecule has 0 saturated heterocycles. The van der Waals surface area contributed by atoms with Gasteiger partial charge < -0.3 is 29.5 Å². The zero-order chi connectivity index (χ0) is 22.1. The second-order valence-electron chi connectivity index (χ2n) is 7.43. The maximum Gasteiger partial charge on any atom is 0.341 e. The third-order valence-electron chi connectivity index (χ3n) is 5.38. The molecule has 162 valence electrons. The van der Waals surface area contributed by atoms with Gasteiger partial charge in [-0.1, -0.05) is 36.4 Å². The lowest BCUT2D eigenvalue weighted by Crippen LogP contribution is -2.42. The Labute approximate surface area is 183 Å². The van der Waals surface area contributed by atoms with E-state index in [9.17, 15) is 9.59 Å². The first-order chi connectivity index (χ1) is 15.6. The molecule has 2 aliphatic rings. The van der Waals surface area contributed by atoms with Crippen molar-refractivity contribution in [3.8, 4) is 17.2 Å². The SMILES string of the molecule is O=C(O)COc1ccccc1[C@@H]1Nc2ccccc2C(=O)N1Cc1ccc2c(c1)OCO2. The van der Waals surface area contributed by atoms with Gasteiger partial charge in [0, 0.05) is 17.8 Å². The number of carbonyl (C=O) groups excluding carboxylic acids is 1. The van der Waals surface area contributed by atoms with Crippen molar-refractivity contribution in [2.45, 2.75) is 12.7 Å². The second-order valence-corrected chi connectivity index (χ2v) is 7.43. The lowest BCUT2D eigenvalue weighted by molar-refractivity contribution is -0.139. The van der Waals surface area contributed by atoms with Gasteiger partial charge in [0.15, 0.2) is 18.1 Å². The number of aliphatic carboxylic acids is 1. The Morgan fingerprint density at radius 2 is 1.84 bits per heavy atom. The van der Waals surface area contributed by atoms with E-state index in [0.717, 1.165) is 5.56 Å². The Hall–Kier alpha value is -4.20. The highest BCUT2D eigenvalue weighted by Crippen LogP contribution is 2.39. The summed E-state index contributed by atoms with van der Waals surface area (Å²) < 4.78 is 16.4. The summed E-state index contributed by atoms with van der Waals surface area (Å²) in [7, 11) is 0. The largest absolute Gasteiger partial charge is 0.481 e. The molecule has 3 aromatic rings. The van der Waals surface area contributed by atoms with Gasteiger partial charge in [-0.05, 0) is 35.9 Å². The molecule has 0 aromatic heterocycles. The smallest absolute Gasteiger partial charge is 0.341 e. The Balaban J connectivity index is 1.53. The number of nitrogens with zero attached hydrogens (tertiary/aromatic N) is 1. The van der Waals surface area contributed by atoms with Crippen LogP contribution < -0.4 is 19.5 Å². The van der Waals surface area contributed by atoms with Crippen LogP contribution in [0.5, 0.6) is 17.2 Å². The van der Waals surface area contributed by atoms with Gasteiger partial charge in [-0.2, -0.15) is 0 Å². The average molecular weight is 432 g/mol. The summed E-state index contributed by atoms with van der Waals surface area (Å²) in [6, 6.07) is 20.0. The minimum Gasteiger partial charge on any atom is -0.481 e. The van der Waals surface area contributed by atoms with Gasteiger partial charge in [-0.25, -0.2) is 4.79 Å². The lowest BCUT2D eigenvalue weighted by Gasteiger charge is -2.38. The molecule has 0 radical (unpaired) electrons. The molecule has 0 fully saturated rings. The molecule has 2 aliphatic heterocycles. The molecule has 1 atom stereocenters. The maximum absolute atomic E-state index is 13.5. The van der Waals surface area contributed by atoms with Crippen LogP contribution >= 0.6 is 0 Å². The third-order valence-corrected chi connectivity index (χ3v) is 5.38. The first-order valence-corrected chi connectivity index (χ1v) is 10.1. The van der Waals surface area contributed by atoms with Crippen LogP contribution in [0.25, 0.3) is 0 Å². The van der Waals surface area contributed by atoms with Gasteiger partial charge in [0.25, 0.3) is 5.91 Å². The molecule has 8 nitrogen and oxygen atoms in total. The van der Waals surface area contributed by atoms with Crippen molar-refractivity contribution < 1.29 is 28.9 Å². The molecule has 8 heteroatoms. The number of hydrogen-bond acceptors (Lipinski definition) is 6. The fourth-order valence-corrected chi connectivity index (χ4v) is 3.91. The van der Waals surface area contributed by atoms with Gasteiger partial charge in [-0.15, -0.1) is 0 Å². The van der Waals surface area contributed by atoms with Crippen molar-refractivity contribution >= 4 is 17.6 Å². The normalized spacial score (nSPS) is 16.3. The van der Waals surface area contributed by atoms with Crippen LogP contribution in [-0.2, 0) is 11.3 Å². The summed E-state index contributed by atoms with van der Waals surface area (Å²) in [6.45, 7) is -0.00154. The number of carboxylic acids is 1. The first kappa shape index (κ1) is 19.7. The summed E-state index contributed by atoms with van der Waals surface area (Å²) >= 11 is 0. The summed E-state index contributed by atoms with van der Waals surface area (Å²) in [5.74, 6) is 0.494. The third kappa shape index (κ3) is 3.66. The van der Waals surface area contributed by atoms with Crippen LogP contribution in [0.1, 0.15) is 27.7 Å². The number of ether oxygens (including phenoxy) is 3. The van der Waals surface area contributed by atoms with Crippen LogP contribution in [0, 0.1) is 0 Å². The molecular weight excluding hydrogens is 412 g/mol. The topological polar surface area (TPSA) is 97.3 Å². The lowest BCUT2D eigenvalue weighted by atomic mass is 10.0. The Morgan fingerprint density at radius 1 is 1.06 bits per heavy atom. The second kappa shape index (κ2) is 8.14. The Morgan fingerprint density at radius 3 is 2.72 bits per heavy atom. The predicted octanol–water partition coefficient (Wildman–Crippen LogP) is 3.65. The van der Waals surface area contributed by atoms with Crippen molar-refractivity contribution in [3.05, 3.63) is 83.4 Å². The molecular formula is C24H20N2O6. The summed E-state index contributed by atoms with van der Waals surface area (Å²) in [4.78, 5) is 26.3. The first-order valence-electron chi connectivity index (χ1n) is 10.1. The monoisotopic (exact) mass is 432 g/mol. The quantitative estimate of drug-likeness (QED) is 0.614. The van der Waals surface area contributed by atoms with Gasteiger partial charge in [0.2, 0.25) is 6.79 Å². The van der Waals surface area contributed by atoms with E-state index in [1.807, 2.05) is 48.5 Å². The number of carbonyl (C=O) groups is 2. The number of carboxylic acid groups (broad SMARTS) is 1. The summed E-state index contributed by atoms with van der Waals surface area (Å²) in [6.07, 6.45) is -0.562. The molecule has 0 aliphatic carbocycles. The Kier molecular flexibility index (Phi) is 5.03. The zero-order valence-corrected chi connectivity index (χ0v) is 17.0. The number of rotatable bonds is 6. The van der Waals surface area contributed by atoms with E-state index in [1.54, 1.807) is 23.1 Å². The van der Waals surface area contributed by atoms with Gasteiger partial charge in [0.05, 0.1) is 5.56 Å². The molecule has 0 spiro atoms. The molecule has 32 heavy (non-hydrogen) atoms. The molecule has 2 heterocycles. The molecule has 0 saturated carbocycles. The van der Waals surface area contributed by atoms with Crippen LogP contribution in [0.4, 0.5) is 5.69 Å². The van der Waals surface area contributed by atoms with Gasteiger partial charge in [0.1, 0.15) is 11.9 Å². The summed E-state index contributed by atoms with van der Waals surface area (Å²) in [5.41, 5.74) is 2.81. The van der Waals surface area contributed by atoms with Crippen LogP contribution in [0.15, 0.2) is 66.7 Å². The zero-order valence-electron chi connectivity index (χ0n) is 17.0. The number of anilines is 1. The number of nitrogens with one attached hydrogen (secondary N) is 1. The summed E-state index contributed by atoms with van der Waals surface area (Å²) in [5, 5.41) is 12.5. The van der Waals surface area contributed by atoms with Gasteiger partial charge >= 0.3 is 5.97 Å². The standard InChI is InChI=1S/C24H20N2O6/c27-22(28)13-30-19-8-4-2-6-17(19)23-25-18-7-3-1-5-16(18)24(29)26(23)12-15-9-10-20-21(11-15)32-14-31-20/h1-11,23,25H,12-14H2,(H,27,28)/t23-/m1/s1. The van der Waals surface area contributed by atoms with Gasteiger partial charge in [-0.3, -0.25) is 4.79 Å². The van der Waals surface area contributed by atoms with Crippen LogP contribution in [0.2, 0.25) is 0 Å². The maximum atomic E-state index is 13.5. The van der Waals surface area contributed by atoms with Crippen molar-refractivity contribution in [3.63, 3.8) is 0 Å². The minimum absolute atomic E-state index is 0.143. The van der Waals surface area contributed by atoms with Crippen molar-refractivity contribution in [2.24, 2.45) is 0 Å². The highest BCUT2D eigenvalue weighted by atomic mass is 16.7. The van der Waals surface area contributed by atoms with Crippen molar-refractivity contribution in [1.82, 2.24) is 4.90 Å². The molecule has 5 rings (SSSR count). The van der Waals surface area contributed by atoms with Crippen LogP contribution in [0.3, 0.4) is 0 Å². The van der Waals surface area contributed by atoms with Crippen LogP contribution in [-0.4, -0.2) is 35.3 Å². The molecule has 1 amide bonds. The number of fused-ring (bicyclic) bond motifs is 2. The molecule has 2 N–H and O–H groups in total. The number of para-hydroxylation sites is 2. The Bertz CT molecular complexity index is 1190.